The van der Waals surface area contributed by atoms with E-state index in [0.717, 1.165) is 5.69 Å². The van der Waals surface area contributed by atoms with Crippen LogP contribution in [0, 0.1) is 0 Å². The quantitative estimate of drug-likeness (QED) is 0.628. The smallest absolute Gasteiger partial charge is 0.203 e. The Morgan fingerprint density at radius 1 is 1.50 bits per heavy atom. The van der Waals surface area contributed by atoms with E-state index < -0.39 is 0 Å². The van der Waals surface area contributed by atoms with Crippen LogP contribution in [0.25, 0.3) is 6.08 Å². The molecule has 0 fully saturated rings. The third-order valence-electron chi connectivity index (χ3n) is 2.60. The van der Waals surface area contributed by atoms with E-state index in [1.807, 2.05) is 6.92 Å². The van der Waals surface area contributed by atoms with Gasteiger partial charge in [-0.25, -0.2) is 0 Å². The number of nitrogens with zero attached hydrogens (tertiary/aromatic N) is 4. The highest BCUT2D eigenvalue weighted by molar-refractivity contribution is 6.31. The van der Waals surface area contributed by atoms with Crippen molar-refractivity contribution in [1.29, 1.82) is 0 Å². The van der Waals surface area contributed by atoms with Crippen LogP contribution in [0.4, 0.5) is 0 Å². The van der Waals surface area contributed by atoms with E-state index in [-0.39, 0.29) is 5.78 Å². The molecule has 0 unspecified atom stereocenters. The predicted octanol–water partition coefficient (Wildman–Crippen LogP) is 2.19. The molecule has 0 aliphatic heterocycles. The second kappa shape index (κ2) is 5.18. The molecule has 2 rings (SSSR count). The van der Waals surface area contributed by atoms with Crippen LogP contribution in [0.1, 0.15) is 23.1 Å². The number of carbonyl (C=O) groups excluding carboxylic acids is 1. The Morgan fingerprint density at radius 3 is 2.89 bits per heavy atom. The number of hydrogen-bond donors (Lipinski definition) is 0. The zero-order valence-electron chi connectivity index (χ0n) is 10.2. The number of rotatable bonds is 4. The Morgan fingerprint density at radius 2 is 2.28 bits per heavy atom. The zero-order chi connectivity index (χ0) is 13.1. The second-order valence-electron chi connectivity index (χ2n) is 3.73. The summed E-state index contributed by atoms with van der Waals surface area (Å²) in [4.78, 5) is 11.9. The van der Waals surface area contributed by atoms with Crippen LogP contribution in [-0.4, -0.2) is 25.3 Å². The molecule has 0 spiro atoms. The van der Waals surface area contributed by atoms with Crippen LogP contribution in [0.5, 0.6) is 0 Å². The Hall–Kier alpha value is -1.88. The van der Waals surface area contributed by atoms with Gasteiger partial charge in [-0.1, -0.05) is 11.6 Å². The SMILES string of the molecule is CCn1ncc(Cl)c1/C=C/C(=O)c1ccnn1C. The third kappa shape index (κ3) is 2.36. The van der Waals surface area contributed by atoms with Gasteiger partial charge in [0, 0.05) is 19.8 Å². The van der Waals surface area contributed by atoms with Gasteiger partial charge in [0.2, 0.25) is 5.78 Å². The van der Waals surface area contributed by atoms with Gasteiger partial charge in [0.25, 0.3) is 0 Å². The lowest BCUT2D eigenvalue weighted by molar-refractivity contribution is 0.103. The maximum atomic E-state index is 11.9. The molecule has 2 aromatic heterocycles. The minimum Gasteiger partial charge on any atom is -0.288 e. The van der Waals surface area contributed by atoms with Crippen molar-refractivity contribution in [2.45, 2.75) is 13.5 Å². The molecule has 0 amide bonds. The summed E-state index contributed by atoms with van der Waals surface area (Å²) in [5.74, 6) is -0.116. The van der Waals surface area contributed by atoms with Gasteiger partial charge >= 0.3 is 0 Å². The van der Waals surface area contributed by atoms with Crippen molar-refractivity contribution >= 4 is 23.5 Å². The van der Waals surface area contributed by atoms with E-state index in [4.69, 9.17) is 11.6 Å². The molecule has 0 aromatic carbocycles. The van der Waals surface area contributed by atoms with Crippen LogP contribution in [-0.2, 0) is 13.6 Å². The van der Waals surface area contributed by atoms with E-state index in [2.05, 4.69) is 10.2 Å². The molecule has 0 N–H and O–H groups in total. The zero-order valence-corrected chi connectivity index (χ0v) is 10.9. The number of halogens is 1. The highest BCUT2D eigenvalue weighted by Crippen LogP contribution is 2.17. The molecule has 0 bridgehead atoms. The number of carbonyl (C=O) groups is 1. The van der Waals surface area contributed by atoms with E-state index in [0.29, 0.717) is 17.3 Å². The normalized spacial score (nSPS) is 11.3. The van der Waals surface area contributed by atoms with Gasteiger partial charge in [-0.05, 0) is 25.1 Å². The van der Waals surface area contributed by atoms with Crippen LogP contribution in [0.15, 0.2) is 24.5 Å². The number of aryl methyl sites for hydroxylation is 2. The van der Waals surface area contributed by atoms with Crippen molar-refractivity contribution in [2.75, 3.05) is 0 Å². The Balaban J connectivity index is 2.23. The molecule has 0 aliphatic rings. The van der Waals surface area contributed by atoms with Crippen molar-refractivity contribution in [3.8, 4) is 0 Å². The minimum absolute atomic E-state index is 0.116. The summed E-state index contributed by atoms with van der Waals surface area (Å²) in [7, 11) is 1.73. The standard InChI is InChI=1S/C12H13ClN4O/c1-3-17-10(9(13)8-15-17)4-5-12(18)11-6-7-14-16(11)2/h4-8H,3H2,1-2H3/b5-4+. The first-order valence-corrected chi connectivity index (χ1v) is 5.93. The van der Waals surface area contributed by atoms with Gasteiger partial charge < -0.3 is 0 Å². The molecule has 0 saturated carbocycles. The Kier molecular flexibility index (Phi) is 3.62. The minimum atomic E-state index is -0.116. The molecule has 2 heterocycles. The van der Waals surface area contributed by atoms with Gasteiger partial charge in [-0.2, -0.15) is 10.2 Å². The van der Waals surface area contributed by atoms with Gasteiger partial charge in [-0.15, -0.1) is 0 Å². The maximum Gasteiger partial charge on any atom is 0.203 e. The number of ketones is 1. The average Bonchev–Trinajstić information content (AvgIpc) is 2.92. The van der Waals surface area contributed by atoms with E-state index >= 15 is 0 Å². The summed E-state index contributed by atoms with van der Waals surface area (Å²) >= 11 is 6.00. The van der Waals surface area contributed by atoms with Crippen LogP contribution in [0.3, 0.4) is 0 Å². The molecule has 0 aliphatic carbocycles. The molecular weight excluding hydrogens is 252 g/mol. The summed E-state index contributed by atoms with van der Waals surface area (Å²) in [6.07, 6.45) is 6.31. The molecule has 0 atom stereocenters. The highest BCUT2D eigenvalue weighted by atomic mass is 35.5. The summed E-state index contributed by atoms with van der Waals surface area (Å²) in [6, 6.07) is 1.67. The number of hydrogen-bond acceptors (Lipinski definition) is 3. The molecule has 0 radical (unpaired) electrons. The molecular formula is C12H13ClN4O. The van der Waals surface area contributed by atoms with Crippen LogP contribution in [0.2, 0.25) is 5.02 Å². The lowest BCUT2D eigenvalue weighted by Crippen LogP contribution is -2.04. The monoisotopic (exact) mass is 264 g/mol. The first kappa shape index (κ1) is 12.6. The predicted molar refractivity (Wildman–Crippen MR) is 69.5 cm³/mol. The second-order valence-corrected chi connectivity index (χ2v) is 4.14. The Bertz CT molecular complexity index is 597. The lowest BCUT2D eigenvalue weighted by atomic mass is 10.2. The van der Waals surface area contributed by atoms with Gasteiger partial charge in [0.1, 0.15) is 5.69 Å². The van der Waals surface area contributed by atoms with Crippen molar-refractivity contribution in [3.63, 3.8) is 0 Å². The van der Waals surface area contributed by atoms with Crippen molar-refractivity contribution in [1.82, 2.24) is 19.6 Å². The Labute approximate surface area is 110 Å². The van der Waals surface area contributed by atoms with E-state index in [9.17, 15) is 4.79 Å². The first-order chi connectivity index (χ1) is 8.63. The van der Waals surface area contributed by atoms with Crippen molar-refractivity contribution < 1.29 is 4.79 Å². The molecule has 0 saturated heterocycles. The van der Waals surface area contributed by atoms with Crippen molar-refractivity contribution in [3.05, 3.63) is 40.9 Å². The topological polar surface area (TPSA) is 52.7 Å². The third-order valence-corrected chi connectivity index (χ3v) is 2.89. The van der Waals surface area contributed by atoms with E-state index in [1.54, 1.807) is 36.3 Å². The largest absolute Gasteiger partial charge is 0.288 e. The lowest BCUT2D eigenvalue weighted by Gasteiger charge is -2.00. The highest BCUT2D eigenvalue weighted by Gasteiger charge is 2.08. The van der Waals surface area contributed by atoms with Crippen molar-refractivity contribution in [2.24, 2.45) is 7.05 Å². The summed E-state index contributed by atoms with van der Waals surface area (Å²) < 4.78 is 3.26. The van der Waals surface area contributed by atoms with Gasteiger partial charge in [-0.3, -0.25) is 14.2 Å². The molecule has 5 nitrogen and oxygen atoms in total. The summed E-state index contributed by atoms with van der Waals surface area (Å²) in [6.45, 7) is 2.66. The fourth-order valence-corrected chi connectivity index (χ4v) is 1.85. The van der Waals surface area contributed by atoms with Crippen LogP contribution >= 0.6 is 11.6 Å². The number of aromatic nitrogens is 4. The summed E-state index contributed by atoms with van der Waals surface area (Å²) in [5, 5.41) is 8.58. The van der Waals surface area contributed by atoms with Crippen LogP contribution < -0.4 is 0 Å². The molecule has 2 aromatic rings. The van der Waals surface area contributed by atoms with Gasteiger partial charge in [0.15, 0.2) is 0 Å². The molecule has 6 heteroatoms. The fourth-order valence-electron chi connectivity index (χ4n) is 1.65. The fraction of sp³-hybridized carbons (Fsp3) is 0.250. The van der Waals surface area contributed by atoms with Gasteiger partial charge in [0.05, 0.1) is 16.9 Å². The molecule has 94 valence electrons. The first-order valence-electron chi connectivity index (χ1n) is 5.55. The molecule has 18 heavy (non-hydrogen) atoms. The maximum absolute atomic E-state index is 11.9. The summed E-state index contributed by atoms with van der Waals surface area (Å²) in [5.41, 5.74) is 1.26. The van der Waals surface area contributed by atoms with E-state index in [1.165, 1.54) is 10.8 Å². The average molecular weight is 265 g/mol. The number of allylic oxidation sites excluding steroid dienone is 1.